The fourth-order valence-electron chi connectivity index (χ4n) is 3.78. The molecule has 0 saturated carbocycles. The maximum atomic E-state index is 12.5. The summed E-state index contributed by atoms with van der Waals surface area (Å²) >= 11 is 0. The molecule has 1 unspecified atom stereocenters. The number of amides is 1. The van der Waals surface area contributed by atoms with Crippen molar-refractivity contribution in [1.29, 1.82) is 0 Å². The highest BCUT2D eigenvalue weighted by molar-refractivity contribution is 5.77. The van der Waals surface area contributed by atoms with Crippen LogP contribution in [0.2, 0.25) is 0 Å². The molecule has 1 aliphatic heterocycles. The molecule has 2 aromatic rings. The lowest BCUT2D eigenvalue weighted by atomic mass is 9.99. The minimum atomic E-state index is -0.432. The molecule has 1 aliphatic rings. The van der Waals surface area contributed by atoms with Crippen LogP contribution in [0.3, 0.4) is 0 Å². The summed E-state index contributed by atoms with van der Waals surface area (Å²) in [6.07, 6.45) is 9.42. The van der Waals surface area contributed by atoms with Crippen molar-refractivity contribution >= 4 is 11.7 Å². The Morgan fingerprint density at radius 2 is 2.13 bits per heavy atom. The first kappa shape index (κ1) is 22.2. The molecular formula is C21H32N6O3. The lowest BCUT2D eigenvalue weighted by Crippen LogP contribution is -2.44. The number of piperidine rings is 1. The number of aromatic nitrogens is 4. The quantitative estimate of drug-likeness (QED) is 0.589. The fourth-order valence-corrected chi connectivity index (χ4v) is 3.78. The molecule has 3 heterocycles. The average molecular weight is 417 g/mol. The fraction of sp³-hybridized carbons (Fsp3) is 0.619. The predicted octanol–water partition coefficient (Wildman–Crippen LogP) is 1.71. The first-order valence-corrected chi connectivity index (χ1v) is 10.5. The van der Waals surface area contributed by atoms with Crippen LogP contribution in [0.15, 0.2) is 24.8 Å². The van der Waals surface area contributed by atoms with E-state index in [4.69, 9.17) is 14.5 Å². The van der Waals surface area contributed by atoms with E-state index in [9.17, 15) is 4.79 Å². The topological polar surface area (TPSA) is 94.4 Å². The zero-order valence-electron chi connectivity index (χ0n) is 18.1. The highest BCUT2D eigenvalue weighted by Gasteiger charge is 2.26. The lowest BCUT2D eigenvalue weighted by Gasteiger charge is -2.36. The Bertz CT molecular complexity index is 794. The number of carbonyl (C=O) groups excluding carboxylic acids is 1. The van der Waals surface area contributed by atoms with E-state index in [-0.39, 0.29) is 11.9 Å². The van der Waals surface area contributed by atoms with Gasteiger partial charge in [-0.25, -0.2) is 15.0 Å². The Balaban J connectivity index is 1.65. The Kier molecular flexibility index (Phi) is 8.15. The van der Waals surface area contributed by atoms with Gasteiger partial charge in [0, 0.05) is 70.3 Å². The zero-order chi connectivity index (χ0) is 21.3. The van der Waals surface area contributed by atoms with Gasteiger partial charge in [0.2, 0.25) is 5.91 Å². The SMILES string of the molecule is COC(CNC(=O)CC1CCCCN1c1cc(C)nc(CCn2ccnc2)n1)OC. The van der Waals surface area contributed by atoms with E-state index in [1.165, 1.54) is 0 Å². The number of methoxy groups -OCH3 is 2. The molecule has 1 N–H and O–H groups in total. The van der Waals surface area contributed by atoms with Crippen LogP contribution in [-0.4, -0.2) is 65.1 Å². The summed E-state index contributed by atoms with van der Waals surface area (Å²) in [7, 11) is 3.12. The molecule has 9 nitrogen and oxygen atoms in total. The second-order valence-electron chi connectivity index (χ2n) is 7.59. The predicted molar refractivity (Wildman–Crippen MR) is 113 cm³/mol. The van der Waals surface area contributed by atoms with Crippen LogP contribution >= 0.6 is 0 Å². The number of nitrogens with one attached hydrogen (secondary N) is 1. The minimum absolute atomic E-state index is 0.00268. The summed E-state index contributed by atoms with van der Waals surface area (Å²) in [5, 5.41) is 2.91. The van der Waals surface area contributed by atoms with Crippen molar-refractivity contribution in [2.75, 3.05) is 32.2 Å². The summed E-state index contributed by atoms with van der Waals surface area (Å²) in [5.74, 6) is 1.72. The van der Waals surface area contributed by atoms with Gasteiger partial charge < -0.3 is 24.3 Å². The molecule has 1 fully saturated rings. The Morgan fingerprint density at radius 1 is 1.30 bits per heavy atom. The van der Waals surface area contributed by atoms with Crippen LogP contribution in [0, 0.1) is 6.92 Å². The van der Waals surface area contributed by atoms with E-state index in [0.717, 1.165) is 56.1 Å². The number of rotatable bonds is 10. The van der Waals surface area contributed by atoms with Gasteiger partial charge in [-0.05, 0) is 26.2 Å². The molecule has 1 saturated heterocycles. The second-order valence-corrected chi connectivity index (χ2v) is 7.59. The number of carbonyl (C=O) groups is 1. The first-order chi connectivity index (χ1) is 14.6. The Morgan fingerprint density at radius 3 is 2.87 bits per heavy atom. The van der Waals surface area contributed by atoms with Gasteiger partial charge in [-0.15, -0.1) is 0 Å². The number of aryl methyl sites for hydroxylation is 3. The normalized spacial score (nSPS) is 16.8. The average Bonchev–Trinajstić information content (AvgIpc) is 3.27. The van der Waals surface area contributed by atoms with Crippen molar-refractivity contribution in [1.82, 2.24) is 24.8 Å². The Labute approximate surface area is 177 Å². The molecule has 0 radical (unpaired) electrons. The summed E-state index contributed by atoms with van der Waals surface area (Å²) in [6.45, 7) is 4.01. The van der Waals surface area contributed by atoms with Gasteiger partial charge in [0.1, 0.15) is 11.6 Å². The number of hydrogen-bond donors (Lipinski definition) is 1. The number of hydrogen-bond acceptors (Lipinski definition) is 7. The minimum Gasteiger partial charge on any atom is -0.354 e. The molecule has 1 atom stereocenters. The molecule has 0 bridgehead atoms. The van der Waals surface area contributed by atoms with E-state index < -0.39 is 6.29 Å². The van der Waals surface area contributed by atoms with E-state index in [1.54, 1.807) is 26.7 Å². The molecule has 3 rings (SSSR count). The first-order valence-electron chi connectivity index (χ1n) is 10.5. The van der Waals surface area contributed by atoms with Crippen LogP contribution in [0.1, 0.15) is 37.2 Å². The molecule has 164 valence electrons. The Hall–Kier alpha value is -2.52. The van der Waals surface area contributed by atoms with E-state index in [0.29, 0.717) is 13.0 Å². The second kappa shape index (κ2) is 11.0. The number of nitrogens with zero attached hydrogens (tertiary/aromatic N) is 5. The summed E-state index contributed by atoms with van der Waals surface area (Å²) < 4.78 is 12.3. The monoisotopic (exact) mass is 416 g/mol. The van der Waals surface area contributed by atoms with Gasteiger partial charge in [-0.3, -0.25) is 4.79 Å². The molecule has 9 heteroatoms. The van der Waals surface area contributed by atoms with E-state index in [1.807, 2.05) is 23.8 Å². The third-order valence-electron chi connectivity index (χ3n) is 5.37. The van der Waals surface area contributed by atoms with Gasteiger partial charge in [0.15, 0.2) is 6.29 Å². The highest BCUT2D eigenvalue weighted by atomic mass is 16.7. The van der Waals surface area contributed by atoms with Crippen LogP contribution in [0.25, 0.3) is 0 Å². The number of ether oxygens (including phenoxy) is 2. The maximum absolute atomic E-state index is 12.5. The molecular weight excluding hydrogens is 384 g/mol. The van der Waals surface area contributed by atoms with Crippen LogP contribution < -0.4 is 10.2 Å². The van der Waals surface area contributed by atoms with Crippen molar-refractivity contribution in [2.45, 2.75) is 57.9 Å². The van der Waals surface area contributed by atoms with Crippen molar-refractivity contribution in [3.63, 3.8) is 0 Å². The van der Waals surface area contributed by atoms with E-state index in [2.05, 4.69) is 20.2 Å². The third kappa shape index (κ3) is 6.24. The van der Waals surface area contributed by atoms with Crippen LogP contribution in [0.4, 0.5) is 5.82 Å². The summed E-state index contributed by atoms with van der Waals surface area (Å²) in [6, 6.07) is 2.14. The van der Waals surface area contributed by atoms with Gasteiger partial charge in [-0.2, -0.15) is 0 Å². The van der Waals surface area contributed by atoms with Crippen LogP contribution in [-0.2, 0) is 27.2 Å². The van der Waals surface area contributed by atoms with E-state index >= 15 is 0 Å². The van der Waals surface area contributed by atoms with Crippen molar-refractivity contribution in [3.8, 4) is 0 Å². The highest BCUT2D eigenvalue weighted by Crippen LogP contribution is 2.26. The number of anilines is 1. The van der Waals surface area contributed by atoms with Gasteiger partial charge in [-0.1, -0.05) is 0 Å². The van der Waals surface area contributed by atoms with Crippen LogP contribution in [0.5, 0.6) is 0 Å². The zero-order valence-corrected chi connectivity index (χ0v) is 18.1. The standard InChI is InChI=1S/C21H32N6O3/c1-16-12-19(25-18(24-16)7-10-26-11-8-22-15-26)27-9-5-4-6-17(27)13-20(28)23-14-21(29-2)30-3/h8,11-12,15,17,21H,4-7,9-10,13-14H2,1-3H3,(H,23,28). The van der Waals surface area contributed by atoms with Gasteiger partial charge in [0.25, 0.3) is 0 Å². The lowest BCUT2D eigenvalue weighted by molar-refractivity contribution is -0.127. The molecule has 0 aromatic carbocycles. The smallest absolute Gasteiger partial charge is 0.222 e. The van der Waals surface area contributed by atoms with Gasteiger partial charge in [0.05, 0.1) is 12.9 Å². The molecule has 2 aromatic heterocycles. The van der Waals surface area contributed by atoms with Crippen molar-refractivity contribution in [2.24, 2.45) is 0 Å². The molecule has 1 amide bonds. The molecule has 0 aliphatic carbocycles. The van der Waals surface area contributed by atoms with Crippen molar-refractivity contribution < 1.29 is 14.3 Å². The third-order valence-corrected chi connectivity index (χ3v) is 5.37. The maximum Gasteiger partial charge on any atom is 0.222 e. The van der Waals surface area contributed by atoms with Crippen molar-refractivity contribution in [3.05, 3.63) is 36.3 Å². The number of imidazole rings is 1. The summed E-state index contributed by atoms with van der Waals surface area (Å²) in [4.78, 5) is 28.3. The largest absolute Gasteiger partial charge is 0.354 e. The summed E-state index contributed by atoms with van der Waals surface area (Å²) in [5.41, 5.74) is 0.942. The van der Waals surface area contributed by atoms with Gasteiger partial charge >= 0.3 is 0 Å². The molecule has 30 heavy (non-hydrogen) atoms. The molecule has 0 spiro atoms.